The molecule has 1 aromatic rings. The Labute approximate surface area is 115 Å². The Morgan fingerprint density at radius 2 is 2.06 bits per heavy atom. The van der Waals surface area contributed by atoms with E-state index in [-0.39, 0.29) is 6.42 Å². The highest BCUT2D eigenvalue weighted by molar-refractivity contribution is 7.86. The minimum absolute atomic E-state index is 0.274. The maximum Gasteiger partial charge on any atom is 0.277 e. The Morgan fingerprint density at radius 1 is 1.44 bits per heavy atom. The smallest absolute Gasteiger partial charge is 0.277 e. The number of aliphatic hydroxyl groups is 1. The van der Waals surface area contributed by atoms with Crippen LogP contribution in [-0.2, 0) is 16.6 Å². The largest absolute Gasteiger partial charge is 0.391 e. The molecule has 0 bridgehead atoms. The van der Waals surface area contributed by atoms with E-state index in [4.69, 9.17) is 28.3 Å². The summed E-state index contributed by atoms with van der Waals surface area (Å²) in [6.07, 6.45) is -0.616. The second kappa shape index (κ2) is 4.63. The van der Waals surface area contributed by atoms with Crippen molar-refractivity contribution in [1.29, 1.82) is 0 Å². The zero-order valence-electron chi connectivity index (χ0n) is 9.47. The van der Waals surface area contributed by atoms with Gasteiger partial charge in [0.05, 0.1) is 12.1 Å². The predicted molar refractivity (Wildman–Crippen MR) is 69.8 cm³/mol. The first kappa shape index (κ1) is 14.0. The highest BCUT2D eigenvalue weighted by Gasteiger charge is 2.39. The molecule has 0 saturated carbocycles. The highest BCUT2D eigenvalue weighted by atomic mass is 35.5. The number of benzene rings is 1. The molecule has 1 aromatic carbocycles. The molecule has 5 nitrogen and oxygen atoms in total. The Hall–Kier alpha value is -0.370. The SMILES string of the molecule is CN([C@H]1c2cc(Cl)cc(Cl)c2C[C@@H]1O)S(N)(=O)=O. The van der Waals surface area contributed by atoms with E-state index in [1.807, 2.05) is 0 Å². The minimum atomic E-state index is -3.90. The van der Waals surface area contributed by atoms with Crippen LogP contribution in [0.25, 0.3) is 0 Å². The van der Waals surface area contributed by atoms with Crippen LogP contribution in [0.1, 0.15) is 17.2 Å². The average Bonchev–Trinajstić information content (AvgIpc) is 2.52. The van der Waals surface area contributed by atoms with Crippen molar-refractivity contribution in [2.24, 2.45) is 5.14 Å². The van der Waals surface area contributed by atoms with Crippen LogP contribution in [0.3, 0.4) is 0 Å². The standard InChI is InChI=1S/C10H12Cl2N2O3S/c1-14(18(13,16)17)10-7-2-5(11)3-8(12)6(7)4-9(10)15/h2-3,9-10,15H,4H2,1H3,(H2,13,16,17)/t9-,10-/m0/s1. The van der Waals surface area contributed by atoms with Gasteiger partial charge >= 0.3 is 0 Å². The van der Waals surface area contributed by atoms with Gasteiger partial charge in [-0.15, -0.1) is 0 Å². The van der Waals surface area contributed by atoms with Gasteiger partial charge in [-0.2, -0.15) is 12.7 Å². The number of halogens is 2. The number of rotatable bonds is 2. The number of hydrogen-bond acceptors (Lipinski definition) is 3. The summed E-state index contributed by atoms with van der Waals surface area (Å²) in [5.41, 5.74) is 1.30. The lowest BCUT2D eigenvalue weighted by atomic mass is 10.1. The van der Waals surface area contributed by atoms with Gasteiger partial charge in [0.2, 0.25) is 0 Å². The van der Waals surface area contributed by atoms with E-state index in [1.54, 1.807) is 12.1 Å². The van der Waals surface area contributed by atoms with E-state index in [0.717, 1.165) is 4.31 Å². The molecular weight excluding hydrogens is 299 g/mol. The van der Waals surface area contributed by atoms with Crippen LogP contribution in [-0.4, -0.2) is 31.0 Å². The number of aliphatic hydroxyl groups excluding tert-OH is 1. The zero-order valence-corrected chi connectivity index (χ0v) is 11.8. The molecule has 0 unspecified atom stereocenters. The van der Waals surface area contributed by atoms with Crippen LogP contribution in [0.5, 0.6) is 0 Å². The van der Waals surface area contributed by atoms with Crippen LogP contribution in [0.4, 0.5) is 0 Å². The molecule has 0 saturated heterocycles. The first-order valence-corrected chi connectivity index (χ1v) is 7.39. The molecule has 8 heteroatoms. The summed E-state index contributed by atoms with van der Waals surface area (Å²) in [4.78, 5) is 0. The van der Waals surface area contributed by atoms with Gasteiger partial charge < -0.3 is 5.11 Å². The summed E-state index contributed by atoms with van der Waals surface area (Å²) in [6.45, 7) is 0. The van der Waals surface area contributed by atoms with Gasteiger partial charge in [-0.25, -0.2) is 5.14 Å². The molecule has 2 rings (SSSR count). The summed E-state index contributed by atoms with van der Waals surface area (Å²) < 4.78 is 23.7. The Kier molecular flexibility index (Phi) is 3.61. The van der Waals surface area contributed by atoms with Crippen molar-refractivity contribution in [2.75, 3.05) is 7.05 Å². The van der Waals surface area contributed by atoms with Crippen LogP contribution in [0, 0.1) is 0 Å². The maximum absolute atomic E-state index is 11.4. The van der Waals surface area contributed by atoms with Crippen molar-refractivity contribution >= 4 is 33.4 Å². The minimum Gasteiger partial charge on any atom is -0.391 e. The molecule has 100 valence electrons. The summed E-state index contributed by atoms with van der Waals surface area (Å²) >= 11 is 11.9. The van der Waals surface area contributed by atoms with Gasteiger partial charge in [0, 0.05) is 23.5 Å². The van der Waals surface area contributed by atoms with Gasteiger partial charge in [0.1, 0.15) is 0 Å². The topological polar surface area (TPSA) is 83.6 Å². The Bertz CT molecular complexity index is 591. The third-order valence-corrected chi connectivity index (χ3v) is 4.67. The van der Waals surface area contributed by atoms with Gasteiger partial charge in [-0.05, 0) is 23.3 Å². The first-order valence-electron chi connectivity index (χ1n) is 5.13. The van der Waals surface area contributed by atoms with Crippen molar-refractivity contribution in [1.82, 2.24) is 4.31 Å². The van der Waals surface area contributed by atoms with Crippen LogP contribution in [0.2, 0.25) is 10.0 Å². The van der Waals surface area contributed by atoms with E-state index in [0.29, 0.717) is 21.2 Å². The highest BCUT2D eigenvalue weighted by Crippen LogP contribution is 2.41. The quantitative estimate of drug-likeness (QED) is 0.857. The number of nitrogens with two attached hydrogens (primary N) is 1. The Morgan fingerprint density at radius 3 is 2.61 bits per heavy atom. The molecular formula is C10H12Cl2N2O3S. The molecule has 3 N–H and O–H groups in total. The molecule has 1 aliphatic rings. The predicted octanol–water partition coefficient (Wildman–Crippen LogP) is 1.09. The third kappa shape index (κ3) is 2.36. The molecule has 2 atom stereocenters. The fraction of sp³-hybridized carbons (Fsp3) is 0.400. The molecule has 0 spiro atoms. The monoisotopic (exact) mass is 310 g/mol. The third-order valence-electron chi connectivity index (χ3n) is 3.08. The summed E-state index contributed by atoms with van der Waals surface area (Å²) in [7, 11) is -2.59. The fourth-order valence-electron chi connectivity index (χ4n) is 2.23. The summed E-state index contributed by atoms with van der Waals surface area (Å²) in [6, 6.07) is 2.41. The lowest BCUT2D eigenvalue weighted by molar-refractivity contribution is 0.113. The van der Waals surface area contributed by atoms with Gasteiger partial charge in [-0.3, -0.25) is 0 Å². The molecule has 0 radical (unpaired) electrons. The van der Waals surface area contributed by atoms with Crippen LogP contribution < -0.4 is 5.14 Å². The number of hydrogen-bond donors (Lipinski definition) is 2. The first-order chi connectivity index (χ1) is 8.21. The van der Waals surface area contributed by atoms with Crippen molar-refractivity contribution in [3.8, 4) is 0 Å². The van der Waals surface area contributed by atoms with Crippen LogP contribution in [0.15, 0.2) is 12.1 Å². The van der Waals surface area contributed by atoms with Crippen molar-refractivity contribution < 1.29 is 13.5 Å². The van der Waals surface area contributed by atoms with E-state index >= 15 is 0 Å². The lowest BCUT2D eigenvalue weighted by Gasteiger charge is -2.25. The number of nitrogens with zero attached hydrogens (tertiary/aromatic N) is 1. The maximum atomic E-state index is 11.4. The number of likely N-dealkylation sites (N-methyl/N-ethyl adjacent to an activating group) is 1. The second-order valence-electron chi connectivity index (χ2n) is 4.23. The summed E-state index contributed by atoms with van der Waals surface area (Å²) in [5.74, 6) is 0. The number of fused-ring (bicyclic) bond motifs is 1. The Balaban J connectivity index is 2.55. The molecule has 1 aliphatic carbocycles. The molecule has 0 amide bonds. The summed E-state index contributed by atoms with van der Waals surface area (Å²) in [5, 5.41) is 15.9. The van der Waals surface area contributed by atoms with Gasteiger partial charge in [0.15, 0.2) is 0 Å². The average molecular weight is 311 g/mol. The molecule has 18 heavy (non-hydrogen) atoms. The van der Waals surface area contributed by atoms with E-state index < -0.39 is 22.4 Å². The fourth-order valence-corrected chi connectivity index (χ4v) is 3.38. The van der Waals surface area contributed by atoms with Gasteiger partial charge in [0.25, 0.3) is 10.2 Å². The van der Waals surface area contributed by atoms with Gasteiger partial charge in [-0.1, -0.05) is 23.2 Å². The van der Waals surface area contributed by atoms with Crippen molar-refractivity contribution in [3.63, 3.8) is 0 Å². The zero-order chi connectivity index (χ0) is 13.7. The second-order valence-corrected chi connectivity index (χ2v) is 6.68. The van der Waals surface area contributed by atoms with Crippen molar-refractivity contribution in [3.05, 3.63) is 33.3 Å². The van der Waals surface area contributed by atoms with Crippen molar-refractivity contribution in [2.45, 2.75) is 18.6 Å². The van der Waals surface area contributed by atoms with Crippen LogP contribution >= 0.6 is 23.2 Å². The molecule has 0 aromatic heterocycles. The normalized spacial score (nSPS) is 23.4. The molecule has 0 fully saturated rings. The molecule has 0 aliphatic heterocycles. The molecule has 0 heterocycles. The van der Waals surface area contributed by atoms with E-state index in [2.05, 4.69) is 0 Å². The van der Waals surface area contributed by atoms with E-state index in [9.17, 15) is 13.5 Å². The lowest BCUT2D eigenvalue weighted by Crippen LogP contribution is -2.39. The van der Waals surface area contributed by atoms with E-state index in [1.165, 1.54) is 7.05 Å².